The van der Waals surface area contributed by atoms with Crippen LogP contribution in [0.1, 0.15) is 26.7 Å². The van der Waals surface area contributed by atoms with Crippen molar-refractivity contribution in [2.45, 2.75) is 32.7 Å². The van der Waals surface area contributed by atoms with Crippen molar-refractivity contribution >= 4 is 12.0 Å². The molecule has 0 aromatic rings. The molecule has 1 aliphatic carbocycles. The van der Waals surface area contributed by atoms with Gasteiger partial charge in [0.05, 0.1) is 18.2 Å². The summed E-state index contributed by atoms with van der Waals surface area (Å²) in [6, 6.07) is -0.508. The molecule has 1 saturated carbocycles. The van der Waals surface area contributed by atoms with Crippen LogP contribution in [-0.4, -0.2) is 24.6 Å². The molecule has 5 heteroatoms. The average molecular weight is 224 g/mol. The van der Waals surface area contributed by atoms with Gasteiger partial charge in [0.1, 0.15) is 0 Å². The summed E-state index contributed by atoms with van der Waals surface area (Å²) in [6.07, 6.45) is 2.07. The minimum atomic E-state index is -0.329. The number of carbonyl (C=O) groups is 2. The molecule has 1 atom stereocenters. The molecule has 1 aliphatic heterocycles. The smallest absolute Gasteiger partial charge is 0.337 e. The number of ether oxygens (including phenoxy) is 1. The van der Waals surface area contributed by atoms with Crippen LogP contribution in [0.25, 0.3) is 0 Å². The quantitative estimate of drug-likeness (QED) is 0.700. The van der Waals surface area contributed by atoms with E-state index in [4.69, 9.17) is 4.74 Å². The van der Waals surface area contributed by atoms with E-state index in [0.717, 1.165) is 18.5 Å². The van der Waals surface area contributed by atoms with Crippen molar-refractivity contribution in [2.75, 3.05) is 6.61 Å². The van der Waals surface area contributed by atoms with Crippen LogP contribution < -0.4 is 10.6 Å². The Balaban J connectivity index is 2.28. The van der Waals surface area contributed by atoms with Crippen LogP contribution in [0.5, 0.6) is 0 Å². The summed E-state index contributed by atoms with van der Waals surface area (Å²) in [5.74, 6) is -0.00249. The fraction of sp³-hybridized carbons (Fsp3) is 0.636. The first-order chi connectivity index (χ1) is 7.63. The lowest BCUT2D eigenvalue weighted by molar-refractivity contribution is -0.139. The standard InChI is InChI=1S/C11H16N2O3/c1-3-16-10(14)8-6(2)12-11(15)13-9(8)7-4-5-7/h6-7H,3-5H2,1-2H3,(H2,12,13,15). The molecular weight excluding hydrogens is 208 g/mol. The van der Waals surface area contributed by atoms with E-state index < -0.39 is 0 Å². The summed E-state index contributed by atoms with van der Waals surface area (Å²) in [6.45, 7) is 3.92. The summed E-state index contributed by atoms with van der Waals surface area (Å²) >= 11 is 0. The Bertz CT molecular complexity index is 358. The molecule has 2 rings (SSSR count). The Labute approximate surface area is 94.2 Å². The van der Waals surface area contributed by atoms with Crippen LogP contribution in [-0.2, 0) is 9.53 Å². The van der Waals surface area contributed by atoms with E-state index >= 15 is 0 Å². The van der Waals surface area contributed by atoms with E-state index in [-0.39, 0.29) is 18.0 Å². The van der Waals surface area contributed by atoms with Crippen molar-refractivity contribution in [3.63, 3.8) is 0 Å². The first-order valence-corrected chi connectivity index (χ1v) is 5.62. The lowest BCUT2D eigenvalue weighted by Crippen LogP contribution is -2.49. The molecule has 1 unspecified atom stereocenters. The monoisotopic (exact) mass is 224 g/mol. The predicted octanol–water partition coefficient (Wildman–Crippen LogP) is 0.915. The Morgan fingerprint density at radius 3 is 2.75 bits per heavy atom. The van der Waals surface area contributed by atoms with Gasteiger partial charge in [-0.3, -0.25) is 0 Å². The molecule has 2 amide bonds. The average Bonchev–Trinajstić information content (AvgIpc) is 2.99. The van der Waals surface area contributed by atoms with Crippen LogP contribution in [0.2, 0.25) is 0 Å². The molecule has 2 N–H and O–H groups in total. The van der Waals surface area contributed by atoms with Crippen LogP contribution in [0, 0.1) is 5.92 Å². The van der Waals surface area contributed by atoms with E-state index in [2.05, 4.69) is 10.6 Å². The number of carbonyl (C=O) groups excluding carboxylic acids is 2. The summed E-state index contributed by atoms with van der Waals surface area (Å²) in [7, 11) is 0. The number of urea groups is 1. The Hall–Kier alpha value is -1.52. The summed E-state index contributed by atoms with van der Waals surface area (Å²) in [5.41, 5.74) is 1.33. The van der Waals surface area contributed by atoms with Gasteiger partial charge in [0.2, 0.25) is 0 Å². The molecule has 2 aliphatic rings. The molecule has 1 heterocycles. The zero-order valence-electron chi connectivity index (χ0n) is 9.50. The van der Waals surface area contributed by atoms with Gasteiger partial charge in [-0.15, -0.1) is 0 Å². The second kappa shape index (κ2) is 4.15. The van der Waals surface area contributed by atoms with Crippen molar-refractivity contribution in [1.29, 1.82) is 0 Å². The van der Waals surface area contributed by atoms with Gasteiger partial charge < -0.3 is 15.4 Å². The fourth-order valence-electron chi connectivity index (χ4n) is 1.92. The van der Waals surface area contributed by atoms with E-state index in [1.807, 2.05) is 0 Å². The highest BCUT2D eigenvalue weighted by molar-refractivity contribution is 5.94. The number of nitrogens with one attached hydrogen (secondary N) is 2. The van der Waals surface area contributed by atoms with E-state index in [9.17, 15) is 9.59 Å². The zero-order valence-corrected chi connectivity index (χ0v) is 9.50. The van der Waals surface area contributed by atoms with Crippen molar-refractivity contribution in [1.82, 2.24) is 10.6 Å². The number of amides is 2. The first kappa shape index (κ1) is 11.0. The molecule has 0 saturated heterocycles. The lowest BCUT2D eigenvalue weighted by atomic mass is 10.0. The third kappa shape index (κ3) is 2.03. The molecule has 0 radical (unpaired) electrons. The number of rotatable bonds is 3. The third-order valence-corrected chi connectivity index (χ3v) is 2.80. The highest BCUT2D eigenvalue weighted by Gasteiger charge is 2.37. The molecule has 0 aromatic heterocycles. The Morgan fingerprint density at radius 1 is 1.50 bits per heavy atom. The van der Waals surface area contributed by atoms with Gasteiger partial charge in [0, 0.05) is 5.70 Å². The minimum absolute atomic E-state index is 0.234. The maximum atomic E-state index is 11.8. The first-order valence-electron chi connectivity index (χ1n) is 5.62. The predicted molar refractivity (Wildman–Crippen MR) is 57.5 cm³/mol. The van der Waals surface area contributed by atoms with E-state index in [0.29, 0.717) is 18.1 Å². The van der Waals surface area contributed by atoms with Crippen molar-refractivity contribution in [3.8, 4) is 0 Å². The number of hydrogen-bond acceptors (Lipinski definition) is 3. The van der Waals surface area contributed by atoms with E-state index in [1.54, 1.807) is 13.8 Å². The minimum Gasteiger partial charge on any atom is -0.463 e. The van der Waals surface area contributed by atoms with Gasteiger partial charge >= 0.3 is 12.0 Å². The lowest BCUT2D eigenvalue weighted by Gasteiger charge is -2.26. The maximum absolute atomic E-state index is 11.8. The summed E-state index contributed by atoms with van der Waals surface area (Å²) < 4.78 is 5.01. The van der Waals surface area contributed by atoms with Crippen LogP contribution >= 0.6 is 0 Å². The SMILES string of the molecule is CCOC(=O)C1=C(C2CC2)NC(=O)NC1C. The van der Waals surface area contributed by atoms with Crippen molar-refractivity contribution in [2.24, 2.45) is 5.92 Å². The molecule has 0 bridgehead atoms. The highest BCUT2D eigenvalue weighted by atomic mass is 16.5. The van der Waals surface area contributed by atoms with Crippen molar-refractivity contribution in [3.05, 3.63) is 11.3 Å². The molecule has 0 aromatic carbocycles. The van der Waals surface area contributed by atoms with Crippen LogP contribution in [0.15, 0.2) is 11.3 Å². The van der Waals surface area contributed by atoms with Crippen LogP contribution in [0.3, 0.4) is 0 Å². The van der Waals surface area contributed by atoms with Gasteiger partial charge in [-0.2, -0.15) is 0 Å². The van der Waals surface area contributed by atoms with Gasteiger partial charge in [-0.25, -0.2) is 9.59 Å². The second-order valence-corrected chi connectivity index (χ2v) is 4.14. The summed E-state index contributed by atoms with van der Waals surface area (Å²) in [4.78, 5) is 23.1. The molecular formula is C11H16N2O3. The van der Waals surface area contributed by atoms with Crippen LogP contribution in [0.4, 0.5) is 4.79 Å². The Kier molecular flexibility index (Phi) is 2.85. The highest BCUT2D eigenvalue weighted by Crippen LogP contribution is 2.38. The van der Waals surface area contributed by atoms with Gasteiger partial charge in [-0.05, 0) is 32.6 Å². The fourth-order valence-corrected chi connectivity index (χ4v) is 1.92. The number of allylic oxidation sites excluding steroid dienone is 1. The molecule has 0 spiro atoms. The van der Waals surface area contributed by atoms with Crippen molar-refractivity contribution < 1.29 is 14.3 Å². The third-order valence-electron chi connectivity index (χ3n) is 2.80. The topological polar surface area (TPSA) is 67.4 Å². The van der Waals surface area contributed by atoms with Gasteiger partial charge in [-0.1, -0.05) is 0 Å². The number of hydrogen-bond donors (Lipinski definition) is 2. The second-order valence-electron chi connectivity index (χ2n) is 4.14. The molecule has 5 nitrogen and oxygen atoms in total. The molecule has 16 heavy (non-hydrogen) atoms. The van der Waals surface area contributed by atoms with E-state index in [1.165, 1.54) is 0 Å². The molecule has 88 valence electrons. The normalized spacial score (nSPS) is 24.9. The van der Waals surface area contributed by atoms with Gasteiger partial charge in [0.15, 0.2) is 0 Å². The maximum Gasteiger partial charge on any atom is 0.337 e. The summed E-state index contributed by atoms with van der Waals surface area (Å²) in [5, 5.41) is 5.40. The molecule has 1 fully saturated rings. The Morgan fingerprint density at radius 2 is 2.19 bits per heavy atom. The van der Waals surface area contributed by atoms with Gasteiger partial charge in [0.25, 0.3) is 0 Å². The zero-order chi connectivity index (χ0) is 11.7. The largest absolute Gasteiger partial charge is 0.463 e. The number of esters is 1.